The molecule has 0 fully saturated rings. The van der Waals surface area contributed by atoms with E-state index in [4.69, 9.17) is 14.6 Å². The Bertz CT molecular complexity index is 149. The van der Waals surface area contributed by atoms with Gasteiger partial charge in [0.1, 0.15) is 0 Å². The zero-order valence-corrected chi connectivity index (χ0v) is 7.96. The Morgan fingerprint density at radius 3 is 2.08 bits per heavy atom. The zero-order chi connectivity index (χ0) is 9.78. The van der Waals surface area contributed by atoms with E-state index >= 15 is 0 Å². The number of hydrogen-bond donors (Lipinski definition) is 1. The fourth-order valence-electron chi connectivity index (χ4n) is 0.767. The largest absolute Gasteiger partial charge is 0.481 e. The molecule has 0 aromatic rings. The average Bonchev–Trinajstić information content (AvgIpc) is 2.00. The lowest BCUT2D eigenvalue weighted by Gasteiger charge is -2.23. The Morgan fingerprint density at radius 2 is 1.83 bits per heavy atom. The first kappa shape index (κ1) is 11.4. The topological polar surface area (TPSA) is 55.8 Å². The van der Waals surface area contributed by atoms with Crippen molar-refractivity contribution in [1.82, 2.24) is 0 Å². The molecule has 0 unspecified atom stereocenters. The lowest BCUT2D eigenvalue weighted by Crippen LogP contribution is -2.30. The van der Waals surface area contributed by atoms with Crippen LogP contribution in [0.4, 0.5) is 0 Å². The lowest BCUT2D eigenvalue weighted by molar-refractivity contribution is -0.159. The van der Waals surface area contributed by atoms with Crippen LogP contribution in [0.5, 0.6) is 0 Å². The number of ether oxygens (including phenoxy) is 2. The van der Waals surface area contributed by atoms with Gasteiger partial charge in [-0.1, -0.05) is 0 Å². The minimum Gasteiger partial charge on any atom is -0.481 e. The van der Waals surface area contributed by atoms with Crippen LogP contribution in [0.15, 0.2) is 0 Å². The van der Waals surface area contributed by atoms with Crippen molar-refractivity contribution in [1.29, 1.82) is 0 Å². The molecule has 0 aliphatic rings. The number of rotatable bonds is 5. The Balaban J connectivity index is 4.12. The van der Waals surface area contributed by atoms with Gasteiger partial charge in [0.05, 0.1) is 5.41 Å². The second-order valence-corrected chi connectivity index (χ2v) is 3.29. The van der Waals surface area contributed by atoms with Gasteiger partial charge in [0, 0.05) is 20.6 Å². The number of carbonyl (C=O) groups is 1. The van der Waals surface area contributed by atoms with Crippen molar-refractivity contribution in [2.75, 3.05) is 14.2 Å². The first-order valence-corrected chi connectivity index (χ1v) is 3.73. The van der Waals surface area contributed by atoms with E-state index in [1.165, 1.54) is 14.2 Å². The minimum atomic E-state index is -0.846. The molecule has 0 rings (SSSR count). The zero-order valence-electron chi connectivity index (χ0n) is 7.96. The Morgan fingerprint density at radius 1 is 1.42 bits per heavy atom. The average molecular weight is 176 g/mol. The Labute approximate surface area is 72.5 Å². The van der Waals surface area contributed by atoms with Crippen LogP contribution in [0.2, 0.25) is 0 Å². The molecule has 12 heavy (non-hydrogen) atoms. The van der Waals surface area contributed by atoms with Crippen LogP contribution < -0.4 is 0 Å². The lowest BCUT2D eigenvalue weighted by atomic mass is 9.89. The summed E-state index contributed by atoms with van der Waals surface area (Å²) >= 11 is 0. The highest BCUT2D eigenvalue weighted by Crippen LogP contribution is 2.23. The third kappa shape index (κ3) is 3.19. The quantitative estimate of drug-likeness (QED) is 0.637. The van der Waals surface area contributed by atoms with E-state index in [0.717, 1.165) is 0 Å². The molecule has 72 valence electrons. The van der Waals surface area contributed by atoms with Crippen molar-refractivity contribution < 1.29 is 19.4 Å². The van der Waals surface area contributed by atoms with Gasteiger partial charge in [-0.15, -0.1) is 0 Å². The summed E-state index contributed by atoms with van der Waals surface area (Å²) in [7, 11) is 2.98. The monoisotopic (exact) mass is 176 g/mol. The van der Waals surface area contributed by atoms with Crippen molar-refractivity contribution in [2.45, 2.75) is 26.6 Å². The van der Waals surface area contributed by atoms with Gasteiger partial charge in [-0.25, -0.2) is 0 Å². The van der Waals surface area contributed by atoms with Gasteiger partial charge in [-0.2, -0.15) is 0 Å². The molecule has 0 aliphatic heterocycles. The van der Waals surface area contributed by atoms with Crippen molar-refractivity contribution in [3.8, 4) is 0 Å². The summed E-state index contributed by atoms with van der Waals surface area (Å²) in [5.74, 6) is -0.846. The predicted octanol–water partition coefficient (Wildman–Crippen LogP) is 1.11. The van der Waals surface area contributed by atoms with Crippen LogP contribution in [0.3, 0.4) is 0 Å². The molecule has 0 radical (unpaired) electrons. The van der Waals surface area contributed by atoms with Crippen LogP contribution in [-0.4, -0.2) is 31.6 Å². The van der Waals surface area contributed by atoms with Gasteiger partial charge in [0.25, 0.3) is 0 Å². The summed E-state index contributed by atoms with van der Waals surface area (Å²) in [5.41, 5.74) is -0.809. The van der Waals surface area contributed by atoms with E-state index in [1.54, 1.807) is 13.8 Å². The van der Waals surface area contributed by atoms with E-state index in [9.17, 15) is 4.79 Å². The van der Waals surface area contributed by atoms with Gasteiger partial charge in [-0.05, 0) is 13.8 Å². The normalized spacial score (nSPS) is 12.1. The van der Waals surface area contributed by atoms with Gasteiger partial charge < -0.3 is 14.6 Å². The molecule has 0 saturated heterocycles. The first-order chi connectivity index (χ1) is 5.44. The van der Waals surface area contributed by atoms with E-state index in [2.05, 4.69) is 0 Å². The number of carboxylic acid groups (broad SMARTS) is 1. The molecular weight excluding hydrogens is 160 g/mol. The van der Waals surface area contributed by atoms with Crippen molar-refractivity contribution in [2.24, 2.45) is 5.41 Å². The predicted molar refractivity (Wildman–Crippen MR) is 43.8 cm³/mol. The van der Waals surface area contributed by atoms with E-state index < -0.39 is 17.7 Å². The Hall–Kier alpha value is -0.610. The number of carboxylic acids is 1. The van der Waals surface area contributed by atoms with Gasteiger partial charge in [0.2, 0.25) is 0 Å². The maximum absolute atomic E-state index is 10.7. The fraction of sp³-hybridized carbons (Fsp3) is 0.875. The third-order valence-corrected chi connectivity index (χ3v) is 1.78. The molecular formula is C8H16O4. The smallest absolute Gasteiger partial charge is 0.309 e. The molecule has 4 nitrogen and oxygen atoms in total. The molecule has 0 aromatic heterocycles. The van der Waals surface area contributed by atoms with E-state index in [0.29, 0.717) is 6.42 Å². The number of hydrogen-bond acceptors (Lipinski definition) is 3. The maximum Gasteiger partial charge on any atom is 0.309 e. The standard InChI is InChI=1S/C8H16O4/c1-8(2,7(9)10)5-6(11-3)12-4/h6H,5H2,1-4H3,(H,9,10). The SMILES string of the molecule is COC(CC(C)(C)C(=O)O)OC. The second-order valence-electron chi connectivity index (χ2n) is 3.29. The summed E-state index contributed by atoms with van der Waals surface area (Å²) < 4.78 is 9.80. The van der Waals surface area contributed by atoms with Crippen molar-refractivity contribution in [3.63, 3.8) is 0 Å². The molecule has 1 N–H and O–H groups in total. The van der Waals surface area contributed by atoms with E-state index in [1.807, 2.05) is 0 Å². The molecule has 0 amide bonds. The van der Waals surface area contributed by atoms with Crippen molar-refractivity contribution >= 4 is 5.97 Å². The number of methoxy groups -OCH3 is 2. The van der Waals surface area contributed by atoms with Gasteiger partial charge in [-0.3, -0.25) is 4.79 Å². The molecule has 4 heteroatoms. The van der Waals surface area contributed by atoms with Crippen LogP contribution >= 0.6 is 0 Å². The fourth-order valence-corrected chi connectivity index (χ4v) is 0.767. The van der Waals surface area contributed by atoms with Crippen LogP contribution in [-0.2, 0) is 14.3 Å². The van der Waals surface area contributed by atoms with Crippen LogP contribution in [0, 0.1) is 5.41 Å². The third-order valence-electron chi connectivity index (χ3n) is 1.78. The molecule has 0 atom stereocenters. The molecule has 0 aromatic carbocycles. The molecule has 0 heterocycles. The van der Waals surface area contributed by atoms with Crippen LogP contribution in [0.25, 0.3) is 0 Å². The first-order valence-electron chi connectivity index (χ1n) is 3.73. The second kappa shape index (κ2) is 4.42. The van der Waals surface area contributed by atoms with Crippen molar-refractivity contribution in [3.05, 3.63) is 0 Å². The minimum absolute atomic E-state index is 0.343. The summed E-state index contributed by atoms with van der Waals surface area (Å²) in [6.07, 6.45) is -0.105. The van der Waals surface area contributed by atoms with Gasteiger partial charge in [0.15, 0.2) is 6.29 Å². The highest BCUT2D eigenvalue weighted by Gasteiger charge is 2.30. The van der Waals surface area contributed by atoms with Crippen LogP contribution in [0.1, 0.15) is 20.3 Å². The molecule has 0 bridgehead atoms. The number of aliphatic carboxylic acids is 1. The summed E-state index contributed by atoms with van der Waals surface area (Å²) in [6.45, 7) is 3.28. The highest BCUT2D eigenvalue weighted by molar-refractivity contribution is 5.73. The summed E-state index contributed by atoms with van der Waals surface area (Å²) in [6, 6.07) is 0. The summed E-state index contributed by atoms with van der Waals surface area (Å²) in [4.78, 5) is 10.7. The molecule has 0 spiro atoms. The summed E-state index contributed by atoms with van der Waals surface area (Å²) in [5, 5.41) is 8.77. The van der Waals surface area contributed by atoms with Gasteiger partial charge >= 0.3 is 5.97 Å². The maximum atomic E-state index is 10.7. The molecule has 0 aliphatic carbocycles. The highest BCUT2D eigenvalue weighted by atomic mass is 16.7. The Kier molecular flexibility index (Phi) is 4.20. The van der Waals surface area contributed by atoms with E-state index in [-0.39, 0.29) is 0 Å². The molecule has 0 saturated carbocycles.